The van der Waals surface area contributed by atoms with Crippen molar-refractivity contribution in [3.8, 4) is 0 Å². The number of benzene rings is 2. The second-order valence-corrected chi connectivity index (χ2v) is 10.2. The van der Waals surface area contributed by atoms with Gasteiger partial charge in [0.15, 0.2) is 5.82 Å². The molecule has 3 N–H and O–H groups in total. The van der Waals surface area contributed by atoms with Crippen LogP contribution in [0, 0.1) is 11.2 Å². The number of amides is 2. The van der Waals surface area contributed by atoms with Gasteiger partial charge >= 0.3 is 6.09 Å². The van der Waals surface area contributed by atoms with Crippen molar-refractivity contribution in [2.45, 2.75) is 57.9 Å². The molecule has 0 bridgehead atoms. The van der Waals surface area contributed by atoms with Crippen LogP contribution in [0.2, 0.25) is 5.02 Å². The quantitative estimate of drug-likeness (QED) is 0.271. The zero-order valence-corrected chi connectivity index (χ0v) is 21.4. The van der Waals surface area contributed by atoms with Gasteiger partial charge in [0.25, 0.3) is 5.91 Å². The topological polar surface area (TPSA) is 115 Å². The van der Waals surface area contributed by atoms with E-state index < -0.39 is 23.8 Å². The summed E-state index contributed by atoms with van der Waals surface area (Å²) >= 11 is 6.00. The molecule has 1 unspecified atom stereocenters. The standard InChI is InChI=1S/C27H30ClFN4O4/c1-2-3-5-22(23(34)25(35)30-24-20-11-8-18(28)14-21(20)31-32-24)33(26(36)37)16-27(12-4-13-27)15-17-6-9-19(29)10-7-17/h6-11,14,22H,2-5,12-13,15-16H2,1H3,(H,36,37)(H2,30,31,32,35). The number of anilines is 1. The molecule has 1 fully saturated rings. The molecule has 2 amide bonds. The summed E-state index contributed by atoms with van der Waals surface area (Å²) in [4.78, 5) is 40.0. The van der Waals surface area contributed by atoms with Crippen LogP contribution in [-0.4, -0.2) is 50.6 Å². The molecule has 1 aliphatic rings. The van der Waals surface area contributed by atoms with Crippen LogP contribution in [0.25, 0.3) is 10.9 Å². The molecule has 0 spiro atoms. The van der Waals surface area contributed by atoms with Crippen LogP contribution < -0.4 is 5.32 Å². The lowest BCUT2D eigenvalue weighted by Gasteiger charge is -2.46. The third-order valence-corrected chi connectivity index (χ3v) is 7.38. The lowest BCUT2D eigenvalue weighted by atomic mass is 9.65. The Morgan fingerprint density at radius 2 is 1.95 bits per heavy atom. The second-order valence-electron chi connectivity index (χ2n) is 9.81. The van der Waals surface area contributed by atoms with Crippen molar-refractivity contribution in [1.82, 2.24) is 15.1 Å². The molecule has 2 aromatic carbocycles. The molecular formula is C27H30ClFN4O4. The summed E-state index contributed by atoms with van der Waals surface area (Å²) in [5.74, 6) is -1.90. The van der Waals surface area contributed by atoms with Gasteiger partial charge in [-0.3, -0.25) is 19.6 Å². The highest BCUT2D eigenvalue weighted by atomic mass is 35.5. The smallest absolute Gasteiger partial charge is 0.407 e. The average molecular weight is 529 g/mol. The van der Waals surface area contributed by atoms with E-state index >= 15 is 0 Å². The van der Waals surface area contributed by atoms with Crippen LogP contribution in [0.1, 0.15) is 51.0 Å². The van der Waals surface area contributed by atoms with Gasteiger partial charge in [-0.1, -0.05) is 49.9 Å². The van der Waals surface area contributed by atoms with Crippen LogP contribution in [0.3, 0.4) is 0 Å². The van der Waals surface area contributed by atoms with E-state index in [1.807, 2.05) is 6.92 Å². The molecule has 1 saturated carbocycles. The Morgan fingerprint density at radius 1 is 1.22 bits per heavy atom. The zero-order chi connectivity index (χ0) is 26.6. The maximum absolute atomic E-state index is 13.4. The van der Waals surface area contributed by atoms with Crippen molar-refractivity contribution >= 4 is 46.1 Å². The van der Waals surface area contributed by atoms with Crippen LogP contribution >= 0.6 is 11.6 Å². The molecule has 0 aliphatic heterocycles. The van der Waals surface area contributed by atoms with Crippen molar-refractivity contribution in [2.75, 3.05) is 11.9 Å². The maximum Gasteiger partial charge on any atom is 0.407 e. The van der Waals surface area contributed by atoms with Crippen LogP contribution in [-0.2, 0) is 16.0 Å². The van der Waals surface area contributed by atoms with E-state index in [1.165, 1.54) is 12.1 Å². The summed E-state index contributed by atoms with van der Waals surface area (Å²) in [6, 6.07) is 10.0. The number of hydrogen-bond donors (Lipinski definition) is 3. The predicted octanol–water partition coefficient (Wildman–Crippen LogP) is 5.81. The molecule has 8 nitrogen and oxygen atoms in total. The van der Waals surface area contributed by atoms with Crippen LogP contribution in [0.5, 0.6) is 0 Å². The minimum absolute atomic E-state index is 0.122. The number of rotatable bonds is 11. The van der Waals surface area contributed by atoms with Crippen molar-refractivity contribution < 1.29 is 23.9 Å². The molecule has 4 rings (SSSR count). The van der Waals surface area contributed by atoms with Crippen molar-refractivity contribution in [3.63, 3.8) is 0 Å². The van der Waals surface area contributed by atoms with E-state index in [4.69, 9.17) is 11.6 Å². The average Bonchev–Trinajstić information content (AvgIpc) is 3.24. The van der Waals surface area contributed by atoms with E-state index in [-0.39, 0.29) is 30.0 Å². The summed E-state index contributed by atoms with van der Waals surface area (Å²) in [5, 5.41) is 20.6. The molecule has 1 heterocycles. The molecule has 1 aliphatic carbocycles. The van der Waals surface area contributed by atoms with E-state index in [1.54, 1.807) is 30.3 Å². The number of aromatic amines is 1. The van der Waals surface area contributed by atoms with Gasteiger partial charge in [0.2, 0.25) is 5.78 Å². The highest BCUT2D eigenvalue weighted by Crippen LogP contribution is 2.45. The number of carbonyl (C=O) groups is 3. The molecule has 0 radical (unpaired) electrons. The first kappa shape index (κ1) is 26.6. The van der Waals surface area contributed by atoms with E-state index in [0.717, 1.165) is 36.1 Å². The molecule has 3 aromatic rings. The predicted molar refractivity (Wildman–Crippen MR) is 139 cm³/mol. The number of halogens is 2. The highest BCUT2D eigenvalue weighted by Gasteiger charge is 2.43. The molecule has 10 heteroatoms. The Kier molecular flexibility index (Phi) is 8.12. The van der Waals surface area contributed by atoms with Crippen molar-refractivity contribution in [1.29, 1.82) is 0 Å². The Balaban J connectivity index is 1.54. The SMILES string of the molecule is CCCCC(C(=O)C(=O)Nc1n[nH]c2cc(Cl)ccc12)N(CC1(Cc2ccc(F)cc2)CCC1)C(=O)O. The summed E-state index contributed by atoms with van der Waals surface area (Å²) in [6.07, 6.45) is 3.41. The number of nitrogens with one attached hydrogen (secondary N) is 2. The van der Waals surface area contributed by atoms with Gasteiger partial charge in [-0.2, -0.15) is 5.10 Å². The fraction of sp³-hybridized carbons (Fsp3) is 0.407. The third-order valence-electron chi connectivity index (χ3n) is 7.15. The number of Topliss-reactive ketones (excluding diaryl/α,β-unsaturated/α-hetero) is 1. The molecule has 1 aromatic heterocycles. The molecule has 37 heavy (non-hydrogen) atoms. The second kappa shape index (κ2) is 11.3. The van der Waals surface area contributed by atoms with E-state index in [2.05, 4.69) is 15.5 Å². The van der Waals surface area contributed by atoms with Gasteiger partial charge in [-0.15, -0.1) is 0 Å². The number of carboxylic acid groups (broad SMARTS) is 1. The Bertz CT molecular complexity index is 1290. The molecule has 196 valence electrons. The van der Waals surface area contributed by atoms with Gasteiger partial charge in [0.05, 0.1) is 5.52 Å². The molecular weight excluding hydrogens is 499 g/mol. The Morgan fingerprint density at radius 3 is 2.57 bits per heavy atom. The van der Waals surface area contributed by atoms with Crippen LogP contribution in [0.15, 0.2) is 42.5 Å². The maximum atomic E-state index is 13.4. The molecule has 1 atom stereocenters. The largest absolute Gasteiger partial charge is 0.465 e. The Labute approximate surface area is 219 Å². The number of ketones is 1. The first-order chi connectivity index (χ1) is 17.7. The lowest BCUT2D eigenvalue weighted by molar-refractivity contribution is -0.138. The fourth-order valence-electron chi connectivity index (χ4n) is 5.01. The van der Waals surface area contributed by atoms with Crippen molar-refractivity contribution in [2.24, 2.45) is 5.41 Å². The first-order valence-electron chi connectivity index (χ1n) is 12.4. The number of fused-ring (bicyclic) bond motifs is 1. The monoisotopic (exact) mass is 528 g/mol. The molecule has 0 saturated heterocycles. The summed E-state index contributed by atoms with van der Waals surface area (Å²) < 4.78 is 13.4. The zero-order valence-electron chi connectivity index (χ0n) is 20.6. The van der Waals surface area contributed by atoms with Gasteiger partial charge in [0, 0.05) is 17.0 Å². The van der Waals surface area contributed by atoms with Crippen molar-refractivity contribution in [3.05, 3.63) is 58.9 Å². The number of carbonyl (C=O) groups excluding carboxylic acids is 2. The summed E-state index contributed by atoms with van der Waals surface area (Å²) in [7, 11) is 0. The normalized spacial score (nSPS) is 15.1. The third kappa shape index (κ3) is 6.10. The minimum atomic E-state index is -1.24. The number of nitrogens with zero attached hydrogens (tertiary/aromatic N) is 2. The Hall–Kier alpha value is -3.46. The number of aromatic nitrogens is 2. The summed E-state index contributed by atoms with van der Waals surface area (Å²) in [5.41, 5.74) is 1.14. The van der Waals surface area contributed by atoms with E-state index in [9.17, 15) is 23.9 Å². The summed E-state index contributed by atoms with van der Waals surface area (Å²) in [6.45, 7) is 2.06. The number of H-pyrrole nitrogens is 1. The van der Waals surface area contributed by atoms with Gasteiger partial charge < -0.3 is 10.4 Å². The van der Waals surface area contributed by atoms with E-state index in [0.29, 0.717) is 28.8 Å². The number of hydrogen-bond acceptors (Lipinski definition) is 4. The highest BCUT2D eigenvalue weighted by molar-refractivity contribution is 6.43. The lowest BCUT2D eigenvalue weighted by Crippen LogP contribution is -2.54. The van der Waals surface area contributed by atoms with Gasteiger partial charge in [-0.05, 0) is 67.0 Å². The number of unbranched alkanes of at least 4 members (excludes halogenated alkanes) is 1. The van der Waals surface area contributed by atoms with Gasteiger partial charge in [0.1, 0.15) is 11.9 Å². The minimum Gasteiger partial charge on any atom is -0.465 e. The van der Waals surface area contributed by atoms with Gasteiger partial charge in [-0.25, -0.2) is 9.18 Å². The first-order valence-corrected chi connectivity index (χ1v) is 12.8. The van der Waals surface area contributed by atoms with Crippen LogP contribution in [0.4, 0.5) is 15.0 Å². The fourth-order valence-corrected chi connectivity index (χ4v) is 5.18.